The molecule has 1 unspecified atom stereocenters. The Balaban J connectivity index is 1.76. The van der Waals surface area contributed by atoms with E-state index in [0.717, 1.165) is 6.54 Å². The van der Waals surface area contributed by atoms with Crippen LogP contribution in [0.15, 0.2) is 18.2 Å². The molecule has 0 spiro atoms. The van der Waals surface area contributed by atoms with Crippen LogP contribution in [0.4, 0.5) is 5.69 Å². The first-order chi connectivity index (χ1) is 8.83. The van der Waals surface area contributed by atoms with Crippen molar-refractivity contribution in [1.82, 2.24) is 5.32 Å². The van der Waals surface area contributed by atoms with E-state index in [1.165, 1.54) is 50.9 Å². The molecule has 0 amide bonds. The molecule has 1 aliphatic carbocycles. The molecule has 1 N–H and O–H groups in total. The minimum atomic E-state index is 0.655. The molecule has 0 radical (unpaired) electrons. The Kier molecular flexibility index (Phi) is 3.55. The summed E-state index contributed by atoms with van der Waals surface area (Å²) in [5.41, 5.74) is 4.63. The van der Waals surface area contributed by atoms with Gasteiger partial charge in [-0.05, 0) is 68.8 Å². The molecule has 0 aromatic heterocycles. The second-order valence-corrected chi connectivity index (χ2v) is 5.79. The van der Waals surface area contributed by atoms with Crippen molar-refractivity contribution < 1.29 is 0 Å². The minimum Gasteiger partial charge on any atom is -0.371 e. The molecule has 1 atom stereocenters. The van der Waals surface area contributed by atoms with Gasteiger partial charge in [-0.1, -0.05) is 6.07 Å². The molecule has 2 aliphatic rings. The van der Waals surface area contributed by atoms with Crippen molar-refractivity contribution >= 4 is 5.69 Å². The van der Waals surface area contributed by atoms with Crippen molar-refractivity contribution in [3.8, 4) is 0 Å². The number of benzene rings is 1. The van der Waals surface area contributed by atoms with E-state index < -0.39 is 0 Å². The summed E-state index contributed by atoms with van der Waals surface area (Å²) in [7, 11) is 0. The van der Waals surface area contributed by atoms with Crippen molar-refractivity contribution in [1.29, 1.82) is 0 Å². The van der Waals surface area contributed by atoms with Crippen LogP contribution in [0.25, 0.3) is 0 Å². The smallest absolute Gasteiger partial charge is 0.0369 e. The molecule has 2 nitrogen and oxygen atoms in total. The van der Waals surface area contributed by atoms with Crippen LogP contribution in [-0.4, -0.2) is 25.7 Å². The molecule has 98 valence electrons. The number of hydrogen-bond acceptors (Lipinski definition) is 2. The fraction of sp³-hybridized carbons (Fsp3) is 0.625. The zero-order chi connectivity index (χ0) is 12.4. The van der Waals surface area contributed by atoms with Gasteiger partial charge in [-0.15, -0.1) is 0 Å². The maximum absolute atomic E-state index is 3.57. The van der Waals surface area contributed by atoms with Crippen LogP contribution in [0, 0.1) is 0 Å². The molecule has 1 heterocycles. The minimum absolute atomic E-state index is 0.655. The first-order valence-electron chi connectivity index (χ1n) is 7.43. The van der Waals surface area contributed by atoms with Crippen molar-refractivity contribution in [3.63, 3.8) is 0 Å². The molecule has 1 saturated heterocycles. The van der Waals surface area contributed by atoms with Gasteiger partial charge in [0, 0.05) is 24.8 Å². The van der Waals surface area contributed by atoms with Gasteiger partial charge in [0.1, 0.15) is 0 Å². The van der Waals surface area contributed by atoms with E-state index in [1.54, 1.807) is 11.1 Å². The van der Waals surface area contributed by atoms with Crippen LogP contribution in [0.3, 0.4) is 0 Å². The molecule has 18 heavy (non-hydrogen) atoms. The maximum Gasteiger partial charge on any atom is 0.0369 e. The van der Waals surface area contributed by atoms with Crippen LogP contribution >= 0.6 is 0 Å². The molecule has 2 heteroatoms. The summed E-state index contributed by atoms with van der Waals surface area (Å²) >= 11 is 0. The van der Waals surface area contributed by atoms with Crippen LogP contribution in [0.1, 0.15) is 37.3 Å². The maximum atomic E-state index is 3.57. The number of aryl methyl sites for hydroxylation is 2. The number of nitrogens with zero attached hydrogens (tertiary/aromatic N) is 1. The lowest BCUT2D eigenvalue weighted by Gasteiger charge is -2.30. The Labute approximate surface area is 110 Å². The summed E-state index contributed by atoms with van der Waals surface area (Å²) in [4.78, 5) is 2.58. The number of anilines is 1. The molecule has 1 aliphatic heterocycles. The summed E-state index contributed by atoms with van der Waals surface area (Å²) in [6.07, 6.45) is 6.42. The molecule has 1 fully saturated rings. The fourth-order valence-electron chi connectivity index (χ4n) is 3.19. The highest BCUT2D eigenvalue weighted by Gasteiger charge is 2.15. The third-order valence-electron chi connectivity index (χ3n) is 4.38. The zero-order valence-corrected chi connectivity index (χ0v) is 11.4. The van der Waals surface area contributed by atoms with E-state index in [2.05, 4.69) is 35.3 Å². The lowest BCUT2D eigenvalue weighted by molar-refractivity contribution is 0.475. The van der Waals surface area contributed by atoms with Crippen LogP contribution in [0.5, 0.6) is 0 Å². The number of nitrogens with one attached hydrogen (secondary N) is 1. The van der Waals surface area contributed by atoms with E-state index in [9.17, 15) is 0 Å². The van der Waals surface area contributed by atoms with Crippen molar-refractivity contribution in [2.24, 2.45) is 0 Å². The normalized spacial score (nSPS) is 24.5. The molecule has 0 bridgehead atoms. The number of rotatable bonds is 1. The van der Waals surface area contributed by atoms with Crippen molar-refractivity contribution in [2.75, 3.05) is 24.5 Å². The molecular formula is C16H24N2. The van der Waals surface area contributed by atoms with Gasteiger partial charge in [0.15, 0.2) is 0 Å². The number of hydrogen-bond donors (Lipinski definition) is 1. The van der Waals surface area contributed by atoms with E-state index in [-0.39, 0.29) is 0 Å². The lowest BCUT2D eigenvalue weighted by Crippen LogP contribution is -2.38. The van der Waals surface area contributed by atoms with Gasteiger partial charge in [-0.25, -0.2) is 0 Å². The average Bonchev–Trinajstić information content (AvgIpc) is 2.81. The Morgan fingerprint density at radius 1 is 1.11 bits per heavy atom. The summed E-state index contributed by atoms with van der Waals surface area (Å²) in [5, 5.41) is 3.57. The van der Waals surface area contributed by atoms with E-state index in [0.29, 0.717) is 6.04 Å². The SMILES string of the molecule is CC1CCN(c2ccc3c(c2)CCC3)CCCN1. The van der Waals surface area contributed by atoms with Crippen molar-refractivity contribution in [2.45, 2.75) is 45.1 Å². The molecule has 0 saturated carbocycles. The largest absolute Gasteiger partial charge is 0.371 e. The zero-order valence-electron chi connectivity index (χ0n) is 11.4. The van der Waals surface area contributed by atoms with E-state index in [1.807, 2.05) is 0 Å². The Morgan fingerprint density at radius 3 is 2.94 bits per heavy atom. The highest BCUT2D eigenvalue weighted by Crippen LogP contribution is 2.27. The molecule has 1 aromatic carbocycles. The van der Waals surface area contributed by atoms with E-state index in [4.69, 9.17) is 0 Å². The Morgan fingerprint density at radius 2 is 2.00 bits per heavy atom. The standard InChI is InChI=1S/C16H24N2/c1-13-8-11-18(10-3-9-17-13)16-7-6-14-4-2-5-15(14)12-16/h6-7,12-13,17H,2-5,8-11H2,1H3. The van der Waals surface area contributed by atoms with Gasteiger partial charge in [-0.2, -0.15) is 0 Å². The van der Waals surface area contributed by atoms with Gasteiger partial charge in [0.25, 0.3) is 0 Å². The van der Waals surface area contributed by atoms with Gasteiger partial charge >= 0.3 is 0 Å². The third kappa shape index (κ3) is 2.54. The summed E-state index contributed by atoms with van der Waals surface area (Å²) < 4.78 is 0. The summed E-state index contributed by atoms with van der Waals surface area (Å²) in [6, 6.07) is 7.80. The van der Waals surface area contributed by atoms with Crippen molar-refractivity contribution in [3.05, 3.63) is 29.3 Å². The van der Waals surface area contributed by atoms with Gasteiger partial charge in [-0.3, -0.25) is 0 Å². The second kappa shape index (κ2) is 5.31. The Hall–Kier alpha value is -1.02. The van der Waals surface area contributed by atoms with Crippen LogP contribution in [-0.2, 0) is 12.8 Å². The highest BCUT2D eigenvalue weighted by molar-refractivity contribution is 5.52. The van der Waals surface area contributed by atoms with Gasteiger partial charge in [0.05, 0.1) is 0 Å². The molecular weight excluding hydrogens is 220 g/mol. The van der Waals surface area contributed by atoms with Gasteiger partial charge < -0.3 is 10.2 Å². The molecule has 3 rings (SSSR count). The lowest BCUT2D eigenvalue weighted by atomic mass is 10.1. The Bertz CT molecular complexity index is 414. The highest BCUT2D eigenvalue weighted by atomic mass is 15.1. The number of fused-ring (bicyclic) bond motifs is 1. The van der Waals surface area contributed by atoms with Gasteiger partial charge in [0.2, 0.25) is 0 Å². The van der Waals surface area contributed by atoms with Crippen LogP contribution < -0.4 is 10.2 Å². The second-order valence-electron chi connectivity index (χ2n) is 5.79. The summed E-state index contributed by atoms with van der Waals surface area (Å²) in [6.45, 7) is 5.83. The fourth-order valence-corrected chi connectivity index (χ4v) is 3.19. The first kappa shape index (κ1) is 12.0. The molecule has 1 aromatic rings. The third-order valence-corrected chi connectivity index (χ3v) is 4.38. The summed E-state index contributed by atoms with van der Waals surface area (Å²) in [5.74, 6) is 0. The quantitative estimate of drug-likeness (QED) is 0.817. The predicted octanol–water partition coefficient (Wildman–Crippen LogP) is 2.75. The van der Waals surface area contributed by atoms with E-state index >= 15 is 0 Å². The first-order valence-corrected chi connectivity index (χ1v) is 7.43. The predicted molar refractivity (Wildman–Crippen MR) is 77.4 cm³/mol. The van der Waals surface area contributed by atoms with Crippen LogP contribution in [0.2, 0.25) is 0 Å². The topological polar surface area (TPSA) is 15.3 Å². The monoisotopic (exact) mass is 244 g/mol. The average molecular weight is 244 g/mol.